The van der Waals surface area contributed by atoms with Crippen LogP contribution in [0.25, 0.3) is 0 Å². The van der Waals surface area contributed by atoms with Crippen molar-refractivity contribution in [2.45, 2.75) is 255 Å². The van der Waals surface area contributed by atoms with E-state index in [-0.39, 0.29) is 114 Å². The third-order valence-corrected chi connectivity index (χ3v) is 3.68. The van der Waals surface area contributed by atoms with Gasteiger partial charge >= 0.3 is 80.9 Å². The second-order valence-corrected chi connectivity index (χ2v) is 11.1. The maximum Gasteiger partial charge on any atom is 1.00 e. The average Bonchev–Trinajstić information content (AvgIpc) is 3.15. The number of unbranched alkanes of at least 4 members (excludes halogenated alkanes) is 6. The van der Waals surface area contributed by atoms with Crippen LogP contribution in [0.3, 0.4) is 0 Å². The zero-order valence-electron chi connectivity index (χ0n) is 46.1. The largest absolute Gasteiger partial charge is 1.00 e. The fourth-order valence-corrected chi connectivity index (χ4v) is 0.707. The van der Waals surface area contributed by atoms with Crippen molar-refractivity contribution < 1.29 is 127 Å². The van der Waals surface area contributed by atoms with E-state index in [0.29, 0.717) is 0 Å². The van der Waals surface area contributed by atoms with E-state index in [0.717, 1.165) is 12.6 Å². The van der Waals surface area contributed by atoms with Gasteiger partial charge in [0, 0.05) is 20.4 Å². The van der Waals surface area contributed by atoms with Gasteiger partial charge in [-0.3, -0.25) is 0 Å². The van der Waals surface area contributed by atoms with Crippen molar-refractivity contribution in [3.63, 3.8) is 0 Å². The van der Waals surface area contributed by atoms with Crippen LogP contribution >= 0.6 is 0 Å². The van der Waals surface area contributed by atoms with Crippen LogP contribution in [-0.2, 0) is 30.0 Å². The Kier molecular flexibility index (Phi) is 385. The van der Waals surface area contributed by atoms with Crippen LogP contribution in [0.2, 0.25) is 0 Å². The Bertz CT molecular complexity index is 622. The van der Waals surface area contributed by atoms with Crippen LogP contribution < -0.4 is 86.0 Å². The number of hydrogen-bond donors (Lipinski definition) is 1. The number of allylic oxidation sites excluding steroid dienone is 4. The van der Waals surface area contributed by atoms with E-state index in [1.54, 1.807) is 41.5 Å². The molecule has 0 heterocycles. The molecule has 0 amide bonds. The van der Waals surface area contributed by atoms with Gasteiger partial charge in [-0.1, -0.05) is 198 Å². The van der Waals surface area contributed by atoms with Crippen molar-refractivity contribution in [2.75, 3.05) is 0 Å². The van der Waals surface area contributed by atoms with Crippen LogP contribution in [0.4, 0.5) is 0 Å². The summed E-state index contributed by atoms with van der Waals surface area (Å²) in [6, 6.07) is 0. The molecule has 59 heavy (non-hydrogen) atoms. The molecule has 8 heteroatoms. The third-order valence-electron chi connectivity index (χ3n) is 3.68. The first-order valence-electron chi connectivity index (χ1n) is 20.8. The summed E-state index contributed by atoms with van der Waals surface area (Å²) in [4.78, 5) is 17.6. The van der Waals surface area contributed by atoms with Crippen molar-refractivity contribution >= 4 is 12.6 Å². The first kappa shape index (κ1) is 124. The molecule has 0 saturated carbocycles. The van der Waals surface area contributed by atoms with Crippen LogP contribution in [0.5, 0.6) is 0 Å². The van der Waals surface area contributed by atoms with Gasteiger partial charge in [0.05, 0.1) is 0 Å². The summed E-state index contributed by atoms with van der Waals surface area (Å²) in [6.07, 6.45) is 32.3. The van der Waals surface area contributed by atoms with Crippen LogP contribution in [0.15, 0.2) is 24.3 Å². The average molecular weight is 973 g/mol. The van der Waals surface area contributed by atoms with Crippen molar-refractivity contribution in [3.8, 4) is 36.5 Å². The summed E-state index contributed by atoms with van der Waals surface area (Å²) < 4.78 is 0. The zero-order chi connectivity index (χ0) is 47.1. The molecule has 0 bridgehead atoms. The fraction of sp³-hybridized carbons (Fsp3) is 0.745. The van der Waals surface area contributed by atoms with Crippen molar-refractivity contribution in [1.29, 1.82) is 0 Å². The molecule has 0 aliphatic heterocycles. The number of aldehydes is 2. The molecule has 0 radical (unpaired) electrons. The molecule has 0 aromatic carbocycles. The van der Waals surface area contributed by atoms with Crippen LogP contribution in [0.1, 0.15) is 244 Å². The van der Waals surface area contributed by atoms with Gasteiger partial charge in [0.25, 0.3) is 0 Å². The summed E-state index contributed by atoms with van der Waals surface area (Å²) in [5, 5.41) is 18.7. The van der Waals surface area contributed by atoms with Crippen LogP contribution in [0, 0.1) is 44.0 Å². The number of hydrogen-bond acceptors (Lipinski definition) is 5. The van der Waals surface area contributed by atoms with Gasteiger partial charge in [-0.15, -0.1) is 36.2 Å². The minimum absolute atomic E-state index is 0. The van der Waals surface area contributed by atoms with Crippen molar-refractivity contribution in [2.24, 2.45) is 0 Å². The Hall–Kier alpha value is 0.679. The number of terminal acetylenes is 2. The van der Waals surface area contributed by atoms with Gasteiger partial charge in [0.2, 0.25) is 0 Å². The smallest absolute Gasteiger partial charge is 0.870 e. The normalized spacial score (nSPS) is 6.81. The van der Waals surface area contributed by atoms with E-state index >= 15 is 0 Å². The first-order chi connectivity index (χ1) is 25.2. The Labute approximate surface area is 457 Å². The number of carbonyl (C=O) groups excluding carboxylic acids is 2. The second-order valence-electron chi connectivity index (χ2n) is 11.1. The van der Waals surface area contributed by atoms with E-state index in [1.165, 1.54) is 78.1 Å². The summed E-state index contributed by atoms with van der Waals surface area (Å²) in [7, 11) is 0. The number of aliphatic hydroxyl groups is 1. The van der Waals surface area contributed by atoms with Crippen LogP contribution in [-0.4, -0.2) is 34.4 Å². The Balaban J connectivity index is -0.0000000172. The second kappa shape index (κ2) is 183. The van der Waals surface area contributed by atoms with Gasteiger partial charge in [-0.2, -0.15) is 0 Å². The summed E-state index contributed by atoms with van der Waals surface area (Å²) in [6.45, 7) is 49.8. The van der Waals surface area contributed by atoms with E-state index in [2.05, 4.69) is 85.5 Å². The van der Waals surface area contributed by atoms with Gasteiger partial charge in [0.15, 0.2) is 0 Å². The molecular weight excluding hydrogens is 861 g/mol. The molecule has 0 aromatic heterocycles. The van der Waals surface area contributed by atoms with Gasteiger partial charge in [-0.05, 0) is 76.2 Å². The predicted octanol–water partition coefficient (Wildman–Crippen LogP) is 10.1. The van der Waals surface area contributed by atoms with Crippen molar-refractivity contribution in [1.82, 2.24) is 0 Å². The van der Waals surface area contributed by atoms with Gasteiger partial charge in [0.1, 0.15) is 18.2 Å². The summed E-state index contributed by atoms with van der Waals surface area (Å²) >= 11 is 0. The molecule has 0 fully saturated rings. The summed E-state index contributed by atoms with van der Waals surface area (Å²) in [5.41, 5.74) is -1.68. The third kappa shape index (κ3) is 1170. The molecule has 0 rings (SSSR count). The molecule has 5 nitrogen and oxygen atoms in total. The zero-order valence-corrected chi connectivity index (χ0v) is 52.8. The summed E-state index contributed by atoms with van der Waals surface area (Å²) in [5.74, 6) is 9.77. The first-order valence-corrected chi connectivity index (χ1v) is 20.8. The predicted molar refractivity (Wildman–Crippen MR) is 266 cm³/mol. The van der Waals surface area contributed by atoms with E-state index in [4.69, 9.17) is 21.1 Å². The van der Waals surface area contributed by atoms with E-state index in [9.17, 15) is 5.11 Å². The Morgan fingerprint density at radius 3 is 0.644 bits per heavy atom. The topological polar surface area (TPSA) is 107 Å². The SMILES string of the molecule is C#CC.C#CC(C)(C)O.CC.CC.CC#CC.CC(C)(C)[O-].CC=CC.CC=CC.CC=O.CC=O.CCCC.CCCC.CCCCC.CCCCC.[CH3-].[K+].[Na+].[OH-].[Pd]. The molecule has 0 atom stereocenters. The molecule has 0 saturated heterocycles. The molecule has 2 N–H and O–H groups in total. The molecule has 0 unspecified atom stereocenters. The van der Waals surface area contributed by atoms with Gasteiger partial charge in [-0.25, -0.2) is 0 Å². The Morgan fingerprint density at radius 2 is 0.644 bits per heavy atom. The fourth-order valence-electron chi connectivity index (χ4n) is 0.707. The van der Waals surface area contributed by atoms with Gasteiger partial charge < -0.3 is 32.7 Å². The van der Waals surface area contributed by atoms with Crippen molar-refractivity contribution in [3.05, 3.63) is 31.7 Å². The maximum atomic E-state index is 10.1. The quantitative estimate of drug-likeness (QED) is 0.0938. The molecular formula is C51H111KNaO5Pd-. The molecule has 0 spiro atoms. The number of carbonyl (C=O) groups is 2. The molecule has 0 aromatic rings. The molecule has 358 valence electrons. The minimum Gasteiger partial charge on any atom is -0.870 e. The molecule has 0 aliphatic rings. The Morgan fingerprint density at radius 1 is 0.542 bits per heavy atom. The number of rotatable bonds is 6. The molecule has 0 aliphatic carbocycles. The maximum absolute atomic E-state index is 10.1. The monoisotopic (exact) mass is 972 g/mol. The standard InChI is InChI=1S/C5H8O.2C5H12.C4H9O.2C4H10.2C4H8.C4H6.C3H4.2C2H4O.2C2H6.CH3.K.Na.H2O.Pd/c1-4-5(2,3)6;2*1-3-5-4-2;1-4(2,3)5;5*1-3-4-2;1-3-2;2*1-2-3;2*1-2;;;;;/h1,6H,2-3H3;2*3-5H2,1-2H3;1-3H3;2*3-4H2,1-2H3;2*3-4H,1-2H3;1-2H3;1H,2H3;2*2H,1H3;2*1-2H3;1H3;;;1H2;/q;;;-1;;;;;;;;;;;-1;2*+1;;/p-1. The van der Waals surface area contributed by atoms with E-state index in [1.807, 2.05) is 93.5 Å². The minimum atomic E-state index is -0.931. The van der Waals surface area contributed by atoms with E-state index < -0.39 is 11.2 Å².